The Balaban J connectivity index is 2.11. The van der Waals surface area contributed by atoms with Gasteiger partial charge in [0.15, 0.2) is 0 Å². The number of nitrogens with two attached hydrogens (primary N) is 1. The summed E-state index contributed by atoms with van der Waals surface area (Å²) < 4.78 is 0. The molecule has 0 aromatic heterocycles. The van der Waals surface area contributed by atoms with Crippen molar-refractivity contribution in [1.29, 1.82) is 0 Å². The van der Waals surface area contributed by atoms with Gasteiger partial charge in [0.1, 0.15) is 0 Å². The molecule has 1 aromatic carbocycles. The highest BCUT2D eigenvalue weighted by molar-refractivity contribution is 5.55. The molecule has 1 aliphatic rings. The van der Waals surface area contributed by atoms with Crippen molar-refractivity contribution in [1.82, 2.24) is 4.90 Å². The van der Waals surface area contributed by atoms with Crippen molar-refractivity contribution in [2.75, 3.05) is 37.6 Å². The van der Waals surface area contributed by atoms with Gasteiger partial charge >= 0.3 is 0 Å². The van der Waals surface area contributed by atoms with E-state index in [9.17, 15) is 0 Å². The second kappa shape index (κ2) is 6.40. The molecule has 1 aromatic rings. The molecule has 0 spiro atoms. The Morgan fingerprint density at radius 3 is 2.26 bits per heavy atom. The van der Waals surface area contributed by atoms with Crippen molar-refractivity contribution in [2.45, 2.75) is 32.7 Å². The van der Waals surface area contributed by atoms with E-state index in [0.717, 1.165) is 26.2 Å². The standard InChI is InChI=1S/C16H27N3/c1-13(2)18-8-10-19(11-9-18)16-7-5-4-6-15(16)14(3)12-17/h4-7,13-14H,8-12,17H2,1-3H3. The lowest BCUT2D eigenvalue weighted by atomic mass is 9.98. The normalized spacial score (nSPS) is 18.9. The van der Waals surface area contributed by atoms with E-state index >= 15 is 0 Å². The zero-order valence-corrected chi connectivity index (χ0v) is 12.5. The Labute approximate surface area is 117 Å². The van der Waals surface area contributed by atoms with E-state index < -0.39 is 0 Å². The highest BCUT2D eigenvalue weighted by Crippen LogP contribution is 2.28. The van der Waals surface area contributed by atoms with Crippen LogP contribution >= 0.6 is 0 Å². The summed E-state index contributed by atoms with van der Waals surface area (Å²) in [4.78, 5) is 5.06. The number of piperazine rings is 1. The van der Waals surface area contributed by atoms with Crippen LogP contribution in [0.4, 0.5) is 5.69 Å². The summed E-state index contributed by atoms with van der Waals surface area (Å²) in [5, 5.41) is 0. The van der Waals surface area contributed by atoms with Gasteiger partial charge < -0.3 is 10.6 Å². The SMILES string of the molecule is CC(CN)c1ccccc1N1CCN(C(C)C)CC1. The minimum absolute atomic E-state index is 0.430. The van der Waals surface area contributed by atoms with Crippen molar-refractivity contribution in [2.24, 2.45) is 5.73 Å². The topological polar surface area (TPSA) is 32.5 Å². The van der Waals surface area contributed by atoms with Gasteiger partial charge in [-0.05, 0) is 37.9 Å². The van der Waals surface area contributed by atoms with Crippen LogP contribution in [0.15, 0.2) is 24.3 Å². The van der Waals surface area contributed by atoms with Crippen LogP contribution in [0.2, 0.25) is 0 Å². The van der Waals surface area contributed by atoms with Crippen molar-refractivity contribution >= 4 is 5.69 Å². The lowest BCUT2D eigenvalue weighted by molar-refractivity contribution is 0.209. The summed E-state index contributed by atoms with van der Waals surface area (Å²) in [5.74, 6) is 0.430. The maximum atomic E-state index is 5.84. The summed E-state index contributed by atoms with van der Waals surface area (Å²) in [7, 11) is 0. The molecule has 3 heteroatoms. The summed E-state index contributed by atoms with van der Waals surface area (Å²) in [6.45, 7) is 12.0. The average molecular weight is 261 g/mol. The monoisotopic (exact) mass is 261 g/mol. The highest BCUT2D eigenvalue weighted by atomic mass is 15.3. The number of rotatable bonds is 4. The fraction of sp³-hybridized carbons (Fsp3) is 0.625. The van der Waals surface area contributed by atoms with Gasteiger partial charge in [-0.25, -0.2) is 0 Å². The Hall–Kier alpha value is -1.06. The zero-order valence-electron chi connectivity index (χ0n) is 12.5. The Morgan fingerprint density at radius 1 is 1.05 bits per heavy atom. The Morgan fingerprint density at radius 2 is 1.68 bits per heavy atom. The average Bonchev–Trinajstić information content (AvgIpc) is 2.46. The van der Waals surface area contributed by atoms with Crippen molar-refractivity contribution in [3.8, 4) is 0 Å². The summed E-state index contributed by atoms with van der Waals surface area (Å²) in [6, 6.07) is 9.38. The van der Waals surface area contributed by atoms with E-state index in [-0.39, 0.29) is 0 Å². The summed E-state index contributed by atoms with van der Waals surface area (Å²) in [5.41, 5.74) is 8.61. The molecule has 19 heavy (non-hydrogen) atoms. The van der Waals surface area contributed by atoms with Gasteiger partial charge in [0.05, 0.1) is 0 Å². The summed E-state index contributed by atoms with van der Waals surface area (Å²) >= 11 is 0. The third-order valence-electron chi connectivity index (χ3n) is 4.21. The third-order valence-corrected chi connectivity index (χ3v) is 4.21. The van der Waals surface area contributed by atoms with E-state index in [0.29, 0.717) is 18.5 Å². The highest BCUT2D eigenvalue weighted by Gasteiger charge is 2.21. The van der Waals surface area contributed by atoms with Crippen molar-refractivity contribution in [3.05, 3.63) is 29.8 Å². The van der Waals surface area contributed by atoms with Crippen LogP contribution in [0.1, 0.15) is 32.3 Å². The quantitative estimate of drug-likeness (QED) is 0.902. The molecule has 1 heterocycles. The van der Waals surface area contributed by atoms with Gasteiger partial charge in [-0.3, -0.25) is 4.90 Å². The molecule has 1 saturated heterocycles. The maximum Gasteiger partial charge on any atom is 0.0402 e. The van der Waals surface area contributed by atoms with Gasteiger partial charge in [-0.2, -0.15) is 0 Å². The lowest BCUT2D eigenvalue weighted by Gasteiger charge is -2.39. The number of nitrogens with zero attached hydrogens (tertiary/aromatic N) is 2. The molecular formula is C16H27N3. The molecule has 3 nitrogen and oxygen atoms in total. The van der Waals surface area contributed by atoms with E-state index in [1.54, 1.807) is 0 Å². The van der Waals surface area contributed by atoms with Crippen molar-refractivity contribution in [3.63, 3.8) is 0 Å². The van der Waals surface area contributed by atoms with Crippen LogP contribution in [-0.2, 0) is 0 Å². The molecule has 106 valence electrons. The van der Waals surface area contributed by atoms with E-state index in [4.69, 9.17) is 5.73 Å². The first kappa shape index (κ1) is 14.4. The Kier molecular flexibility index (Phi) is 4.83. The molecule has 1 aliphatic heterocycles. The second-order valence-electron chi connectivity index (χ2n) is 5.81. The third kappa shape index (κ3) is 3.28. The van der Waals surface area contributed by atoms with Crippen LogP contribution in [0.3, 0.4) is 0 Å². The minimum atomic E-state index is 0.430. The van der Waals surface area contributed by atoms with Gasteiger partial charge in [0, 0.05) is 37.9 Å². The van der Waals surface area contributed by atoms with Crippen LogP contribution < -0.4 is 10.6 Å². The van der Waals surface area contributed by atoms with Crippen LogP contribution in [0.5, 0.6) is 0 Å². The fourth-order valence-electron chi connectivity index (χ4n) is 2.80. The van der Waals surface area contributed by atoms with Crippen LogP contribution in [0, 0.1) is 0 Å². The van der Waals surface area contributed by atoms with Crippen LogP contribution in [-0.4, -0.2) is 43.7 Å². The summed E-state index contributed by atoms with van der Waals surface area (Å²) in [6.07, 6.45) is 0. The molecule has 2 N–H and O–H groups in total. The minimum Gasteiger partial charge on any atom is -0.369 e. The molecule has 1 fully saturated rings. The predicted molar refractivity (Wildman–Crippen MR) is 82.8 cm³/mol. The molecule has 1 atom stereocenters. The molecule has 0 bridgehead atoms. The number of benzene rings is 1. The molecule has 0 amide bonds. The first-order chi connectivity index (χ1) is 9.13. The zero-order chi connectivity index (χ0) is 13.8. The number of anilines is 1. The van der Waals surface area contributed by atoms with Gasteiger partial charge in [-0.1, -0.05) is 25.1 Å². The molecule has 0 saturated carbocycles. The van der Waals surface area contributed by atoms with Gasteiger partial charge in [0.2, 0.25) is 0 Å². The lowest BCUT2D eigenvalue weighted by Crippen LogP contribution is -2.49. The van der Waals surface area contributed by atoms with E-state index in [2.05, 4.69) is 54.8 Å². The maximum absolute atomic E-state index is 5.84. The van der Waals surface area contributed by atoms with Crippen molar-refractivity contribution < 1.29 is 0 Å². The van der Waals surface area contributed by atoms with Gasteiger partial charge in [-0.15, -0.1) is 0 Å². The van der Waals surface area contributed by atoms with E-state index in [1.165, 1.54) is 11.3 Å². The number of hydrogen-bond donors (Lipinski definition) is 1. The number of para-hydroxylation sites is 1. The smallest absolute Gasteiger partial charge is 0.0402 e. The van der Waals surface area contributed by atoms with Crippen LogP contribution in [0.25, 0.3) is 0 Å². The molecule has 1 unspecified atom stereocenters. The number of hydrogen-bond acceptors (Lipinski definition) is 3. The predicted octanol–water partition coefficient (Wildman–Crippen LogP) is 2.28. The second-order valence-corrected chi connectivity index (χ2v) is 5.81. The molecule has 2 rings (SSSR count). The molecule has 0 radical (unpaired) electrons. The first-order valence-corrected chi connectivity index (χ1v) is 7.41. The first-order valence-electron chi connectivity index (χ1n) is 7.41. The largest absolute Gasteiger partial charge is 0.369 e. The fourth-order valence-corrected chi connectivity index (χ4v) is 2.80. The molecular weight excluding hydrogens is 234 g/mol. The Bertz CT molecular complexity index is 395. The van der Waals surface area contributed by atoms with Gasteiger partial charge in [0.25, 0.3) is 0 Å². The van der Waals surface area contributed by atoms with E-state index in [1.807, 2.05) is 0 Å². The molecule has 0 aliphatic carbocycles.